The van der Waals surface area contributed by atoms with E-state index in [0.717, 1.165) is 10.0 Å². The van der Waals surface area contributed by atoms with E-state index in [4.69, 9.17) is 21.7 Å². The van der Waals surface area contributed by atoms with Crippen molar-refractivity contribution in [2.45, 2.75) is 6.61 Å². The molecule has 8 heteroatoms. The van der Waals surface area contributed by atoms with Gasteiger partial charge in [-0.1, -0.05) is 46.3 Å². The largest absolute Gasteiger partial charge is 0.488 e. The molecule has 1 saturated heterocycles. The summed E-state index contributed by atoms with van der Waals surface area (Å²) in [6, 6.07) is 15.2. The maximum Gasteiger partial charge on any atom is 0.325 e. The zero-order chi connectivity index (χ0) is 21.0. The number of ether oxygens (including phenoxy) is 2. The summed E-state index contributed by atoms with van der Waals surface area (Å²) in [4.78, 5) is 27.2. The number of esters is 1. The molecular weight excluding hydrogens is 456 g/mol. The lowest BCUT2D eigenvalue weighted by Gasteiger charge is -2.17. The van der Waals surface area contributed by atoms with E-state index in [1.165, 1.54) is 16.9 Å². The van der Waals surface area contributed by atoms with Gasteiger partial charge in [0.25, 0.3) is 5.91 Å². The van der Waals surface area contributed by atoms with E-state index in [-0.39, 0.29) is 17.6 Å². The van der Waals surface area contributed by atoms with Crippen LogP contribution in [0.1, 0.15) is 11.1 Å². The van der Waals surface area contributed by atoms with Gasteiger partial charge in [0.15, 0.2) is 5.11 Å². The molecule has 1 aliphatic rings. The molecule has 150 valence electrons. The molecule has 1 heterocycles. The zero-order valence-electron chi connectivity index (χ0n) is 15.9. The minimum atomic E-state index is -0.485. The van der Waals surface area contributed by atoms with Crippen molar-refractivity contribution >= 4 is 51.2 Å². The first kappa shape index (κ1) is 21.0. The summed E-state index contributed by atoms with van der Waals surface area (Å²) in [5, 5.41) is 0.250. The second kappa shape index (κ2) is 9.19. The van der Waals surface area contributed by atoms with Crippen LogP contribution in [-0.4, -0.2) is 47.5 Å². The van der Waals surface area contributed by atoms with Crippen LogP contribution in [0.4, 0.5) is 0 Å². The van der Waals surface area contributed by atoms with Crippen LogP contribution in [0, 0.1) is 0 Å². The molecule has 2 aromatic carbocycles. The molecule has 0 atom stereocenters. The Labute approximate surface area is 182 Å². The van der Waals surface area contributed by atoms with Gasteiger partial charge >= 0.3 is 5.97 Å². The molecule has 6 nitrogen and oxygen atoms in total. The van der Waals surface area contributed by atoms with E-state index in [0.29, 0.717) is 23.6 Å². The summed E-state index contributed by atoms with van der Waals surface area (Å²) in [5.74, 6) is -0.156. The molecule has 0 aromatic heterocycles. The minimum Gasteiger partial charge on any atom is -0.488 e. The van der Waals surface area contributed by atoms with Crippen molar-refractivity contribution in [2.24, 2.45) is 0 Å². The summed E-state index contributed by atoms with van der Waals surface area (Å²) >= 11 is 8.72. The number of hydrogen-bond acceptors (Lipinski definition) is 5. The van der Waals surface area contributed by atoms with E-state index in [1.54, 1.807) is 13.1 Å². The Bertz CT molecular complexity index is 975. The second-order valence-electron chi connectivity index (χ2n) is 6.29. The first-order valence-electron chi connectivity index (χ1n) is 8.75. The van der Waals surface area contributed by atoms with E-state index < -0.39 is 5.97 Å². The van der Waals surface area contributed by atoms with Crippen LogP contribution < -0.4 is 4.74 Å². The number of hydrogen-bond donors (Lipinski definition) is 0. The lowest BCUT2D eigenvalue weighted by atomic mass is 10.1. The van der Waals surface area contributed by atoms with E-state index in [1.807, 2.05) is 48.5 Å². The minimum absolute atomic E-state index is 0.140. The van der Waals surface area contributed by atoms with Gasteiger partial charge in [-0.3, -0.25) is 14.5 Å². The number of para-hydroxylation sites is 1. The predicted molar refractivity (Wildman–Crippen MR) is 117 cm³/mol. The normalized spacial score (nSPS) is 15.2. The highest BCUT2D eigenvalue weighted by Gasteiger charge is 2.36. The fraction of sp³-hybridized carbons (Fsp3) is 0.190. The number of amides is 1. The first-order valence-corrected chi connectivity index (χ1v) is 9.95. The molecule has 0 spiro atoms. The van der Waals surface area contributed by atoms with Crippen LogP contribution in [0.5, 0.6) is 5.75 Å². The molecule has 0 N–H and O–H groups in total. The number of benzene rings is 2. The quantitative estimate of drug-likeness (QED) is 0.362. The number of thiocarbonyl (C=S) groups is 1. The van der Waals surface area contributed by atoms with Gasteiger partial charge in [0, 0.05) is 17.1 Å². The molecular formula is C21H19BrN2O4S. The first-order chi connectivity index (χ1) is 13.9. The fourth-order valence-electron chi connectivity index (χ4n) is 2.76. The molecule has 1 aliphatic heterocycles. The van der Waals surface area contributed by atoms with Crippen LogP contribution in [-0.2, 0) is 20.9 Å². The molecule has 0 unspecified atom stereocenters. The highest BCUT2D eigenvalue weighted by molar-refractivity contribution is 9.10. The third-order valence-corrected chi connectivity index (χ3v) is 5.39. The van der Waals surface area contributed by atoms with Crippen LogP contribution in [0.2, 0.25) is 0 Å². The molecule has 1 amide bonds. The van der Waals surface area contributed by atoms with Crippen LogP contribution in [0.15, 0.2) is 58.7 Å². The van der Waals surface area contributed by atoms with E-state index >= 15 is 0 Å². The SMILES string of the molecule is COC(=O)CN1C(=S)N(C)C(=O)/C1=C/c1ccccc1OCc1ccc(Br)cc1. The van der Waals surface area contributed by atoms with Gasteiger partial charge in [0.05, 0.1) is 7.11 Å². The maximum atomic E-state index is 12.7. The van der Waals surface area contributed by atoms with Crippen molar-refractivity contribution in [3.63, 3.8) is 0 Å². The van der Waals surface area contributed by atoms with Gasteiger partial charge in [0.2, 0.25) is 0 Å². The number of carbonyl (C=O) groups excluding carboxylic acids is 2. The molecule has 29 heavy (non-hydrogen) atoms. The van der Waals surface area contributed by atoms with Crippen molar-refractivity contribution < 1.29 is 19.1 Å². The third-order valence-electron chi connectivity index (χ3n) is 4.37. The van der Waals surface area contributed by atoms with Crippen molar-refractivity contribution in [2.75, 3.05) is 20.7 Å². The Morgan fingerprint density at radius 3 is 2.55 bits per heavy atom. The number of nitrogens with zero attached hydrogens (tertiary/aromatic N) is 2. The summed E-state index contributed by atoms with van der Waals surface area (Å²) in [6.45, 7) is 0.241. The van der Waals surface area contributed by atoms with Crippen LogP contribution in [0.25, 0.3) is 6.08 Å². The van der Waals surface area contributed by atoms with Gasteiger partial charge in [-0.05, 0) is 42.1 Å². The standard InChI is InChI=1S/C21H19BrN2O4S/c1-23-20(26)17(24(21(23)29)12-19(25)27-2)11-15-5-3-4-6-18(15)28-13-14-7-9-16(22)10-8-14/h3-11H,12-13H2,1-2H3/b17-11-. The van der Waals surface area contributed by atoms with E-state index in [9.17, 15) is 9.59 Å². The van der Waals surface area contributed by atoms with Crippen molar-refractivity contribution in [1.82, 2.24) is 9.80 Å². The molecule has 0 bridgehead atoms. The summed E-state index contributed by atoms with van der Waals surface area (Å²) in [7, 11) is 2.87. The highest BCUT2D eigenvalue weighted by Crippen LogP contribution is 2.27. The molecule has 0 radical (unpaired) electrons. The lowest BCUT2D eigenvalue weighted by molar-refractivity contribution is -0.140. The molecule has 0 saturated carbocycles. The fourth-order valence-corrected chi connectivity index (χ4v) is 3.27. The molecule has 2 aromatic rings. The summed E-state index contributed by atoms with van der Waals surface area (Å²) in [5.41, 5.74) is 2.02. The van der Waals surface area contributed by atoms with Gasteiger partial charge in [-0.2, -0.15) is 0 Å². The number of halogens is 1. The number of methoxy groups -OCH3 is 1. The lowest BCUT2D eigenvalue weighted by Crippen LogP contribution is -2.33. The number of rotatable bonds is 6. The van der Waals surface area contributed by atoms with E-state index in [2.05, 4.69) is 15.9 Å². The van der Waals surface area contributed by atoms with Crippen molar-refractivity contribution in [1.29, 1.82) is 0 Å². The Morgan fingerprint density at radius 2 is 1.86 bits per heavy atom. The van der Waals surface area contributed by atoms with Crippen molar-refractivity contribution in [3.8, 4) is 5.75 Å². The third kappa shape index (κ3) is 4.83. The Balaban J connectivity index is 1.88. The van der Waals surface area contributed by atoms with Crippen molar-refractivity contribution in [3.05, 3.63) is 69.8 Å². The monoisotopic (exact) mass is 474 g/mol. The van der Waals surface area contributed by atoms with Gasteiger partial charge in [-0.25, -0.2) is 0 Å². The Kier molecular flexibility index (Phi) is 6.66. The maximum absolute atomic E-state index is 12.7. The molecule has 1 fully saturated rings. The topological polar surface area (TPSA) is 59.1 Å². The number of carbonyl (C=O) groups is 2. The predicted octanol–water partition coefficient (Wildman–Crippen LogP) is 3.60. The van der Waals surface area contributed by atoms with Gasteiger partial charge in [0.1, 0.15) is 24.6 Å². The molecule has 0 aliphatic carbocycles. The summed E-state index contributed by atoms with van der Waals surface area (Å²) in [6.07, 6.45) is 1.68. The average Bonchev–Trinajstić information content (AvgIpc) is 2.92. The smallest absolute Gasteiger partial charge is 0.325 e. The zero-order valence-corrected chi connectivity index (χ0v) is 18.3. The summed E-state index contributed by atoms with van der Waals surface area (Å²) < 4.78 is 11.7. The average molecular weight is 475 g/mol. The van der Waals surface area contributed by atoms with Gasteiger partial charge < -0.3 is 14.4 Å². The van der Waals surface area contributed by atoms with Gasteiger partial charge in [-0.15, -0.1) is 0 Å². The van der Waals surface area contributed by atoms with Crippen LogP contribution in [0.3, 0.4) is 0 Å². The van der Waals surface area contributed by atoms with Crippen LogP contribution >= 0.6 is 28.1 Å². The molecule has 3 rings (SSSR count). The second-order valence-corrected chi connectivity index (χ2v) is 7.57. The highest BCUT2D eigenvalue weighted by atomic mass is 79.9. The number of likely N-dealkylation sites (N-methyl/N-ethyl adjacent to an activating group) is 1. The Morgan fingerprint density at radius 1 is 1.17 bits per heavy atom. The Hall–Kier alpha value is -2.71.